The number of nitriles is 1. The first-order valence-corrected chi connectivity index (χ1v) is 5.60. The van der Waals surface area contributed by atoms with Gasteiger partial charge in [0, 0.05) is 18.1 Å². The highest BCUT2D eigenvalue weighted by Crippen LogP contribution is 2.19. The second kappa shape index (κ2) is 3.97. The molecule has 0 amide bonds. The van der Waals surface area contributed by atoms with Crippen LogP contribution in [0.25, 0.3) is 17.0 Å². The van der Waals surface area contributed by atoms with Crippen LogP contribution < -0.4 is 0 Å². The maximum atomic E-state index is 9.01. The molecule has 0 saturated heterocycles. The lowest BCUT2D eigenvalue weighted by atomic mass is 10.2. The van der Waals surface area contributed by atoms with E-state index < -0.39 is 0 Å². The highest BCUT2D eigenvalue weighted by molar-refractivity contribution is 5.60. The van der Waals surface area contributed by atoms with Crippen LogP contribution in [0.3, 0.4) is 0 Å². The Labute approximate surface area is 104 Å². The predicted octanol–water partition coefficient (Wildman–Crippen LogP) is 2.58. The first-order valence-electron chi connectivity index (χ1n) is 5.60. The Hall–Kier alpha value is -2.67. The van der Waals surface area contributed by atoms with Gasteiger partial charge in [0.15, 0.2) is 0 Å². The summed E-state index contributed by atoms with van der Waals surface area (Å²) in [6.45, 7) is 1.91. The molecule has 0 saturated carbocycles. The summed E-state index contributed by atoms with van der Waals surface area (Å²) < 4.78 is 1.92. The van der Waals surface area contributed by atoms with Crippen LogP contribution in [0.5, 0.6) is 0 Å². The maximum absolute atomic E-state index is 9.01. The van der Waals surface area contributed by atoms with Gasteiger partial charge in [-0.1, -0.05) is 6.07 Å². The minimum Gasteiger partial charge on any atom is -0.302 e. The lowest BCUT2D eigenvalue weighted by Gasteiger charge is -2.00. The van der Waals surface area contributed by atoms with E-state index in [1.807, 2.05) is 41.8 Å². The number of pyridine rings is 2. The van der Waals surface area contributed by atoms with E-state index in [9.17, 15) is 0 Å². The van der Waals surface area contributed by atoms with Crippen LogP contribution in [0.15, 0.2) is 42.7 Å². The second-order valence-corrected chi connectivity index (χ2v) is 4.01. The maximum Gasteiger partial charge on any atom is 0.137 e. The minimum atomic E-state index is 0.660. The van der Waals surface area contributed by atoms with Gasteiger partial charge in [-0.15, -0.1) is 0 Å². The molecule has 0 unspecified atom stereocenters. The number of aryl methyl sites for hydroxylation is 1. The molecule has 0 aliphatic heterocycles. The van der Waals surface area contributed by atoms with E-state index in [2.05, 4.69) is 16.0 Å². The van der Waals surface area contributed by atoms with Gasteiger partial charge in [0.2, 0.25) is 0 Å². The van der Waals surface area contributed by atoms with Gasteiger partial charge in [-0.25, -0.2) is 4.98 Å². The van der Waals surface area contributed by atoms with Crippen LogP contribution in [0, 0.1) is 18.3 Å². The molecule has 3 heterocycles. The Bertz CT molecular complexity index is 751. The molecule has 0 aliphatic rings. The van der Waals surface area contributed by atoms with Crippen molar-refractivity contribution in [3.63, 3.8) is 0 Å². The third kappa shape index (κ3) is 1.54. The minimum absolute atomic E-state index is 0.660. The van der Waals surface area contributed by atoms with Crippen molar-refractivity contribution in [2.24, 2.45) is 0 Å². The average molecular weight is 234 g/mol. The van der Waals surface area contributed by atoms with Crippen molar-refractivity contribution in [1.82, 2.24) is 14.4 Å². The fraction of sp³-hybridized carbons (Fsp3) is 0.0714. The van der Waals surface area contributed by atoms with Crippen molar-refractivity contribution in [2.45, 2.75) is 6.92 Å². The normalized spacial score (nSPS) is 10.4. The standard InChI is InChI=1S/C14H10N4/c1-10-11(8-15)5-6-14-17-13(9-18(10)14)12-4-2-3-7-16-12/h2-7,9H,1H3. The van der Waals surface area contributed by atoms with Gasteiger partial charge in [-0.2, -0.15) is 5.26 Å². The lowest BCUT2D eigenvalue weighted by Crippen LogP contribution is -1.93. The molecular weight excluding hydrogens is 224 g/mol. The zero-order valence-electron chi connectivity index (χ0n) is 9.83. The van der Waals surface area contributed by atoms with E-state index in [1.165, 1.54) is 0 Å². The largest absolute Gasteiger partial charge is 0.302 e. The van der Waals surface area contributed by atoms with Gasteiger partial charge in [0.1, 0.15) is 17.4 Å². The van der Waals surface area contributed by atoms with Crippen LogP contribution in [0.4, 0.5) is 0 Å². The Kier molecular flexibility index (Phi) is 2.31. The van der Waals surface area contributed by atoms with Crippen molar-refractivity contribution in [1.29, 1.82) is 5.26 Å². The molecule has 0 fully saturated rings. The monoisotopic (exact) mass is 234 g/mol. The summed E-state index contributed by atoms with van der Waals surface area (Å²) in [6.07, 6.45) is 3.65. The zero-order valence-corrected chi connectivity index (χ0v) is 9.83. The SMILES string of the molecule is Cc1c(C#N)ccc2nc(-c3ccccn3)cn12. The van der Waals surface area contributed by atoms with E-state index in [-0.39, 0.29) is 0 Å². The number of aromatic nitrogens is 3. The van der Waals surface area contributed by atoms with Crippen molar-refractivity contribution in [3.05, 3.63) is 54.0 Å². The molecule has 18 heavy (non-hydrogen) atoms. The summed E-state index contributed by atoms with van der Waals surface area (Å²) in [5, 5.41) is 9.01. The Balaban J connectivity index is 2.24. The van der Waals surface area contributed by atoms with Gasteiger partial charge < -0.3 is 4.40 Å². The molecule has 4 heteroatoms. The topological polar surface area (TPSA) is 54.0 Å². The van der Waals surface area contributed by atoms with Crippen LogP contribution in [0.1, 0.15) is 11.3 Å². The Morgan fingerprint density at radius 3 is 2.78 bits per heavy atom. The molecule has 0 bridgehead atoms. The third-order valence-electron chi connectivity index (χ3n) is 2.93. The molecule has 3 aromatic rings. The Morgan fingerprint density at radius 1 is 1.17 bits per heavy atom. The van der Waals surface area contributed by atoms with Crippen molar-refractivity contribution in [3.8, 4) is 17.5 Å². The van der Waals surface area contributed by atoms with Crippen LogP contribution >= 0.6 is 0 Å². The molecular formula is C14H10N4. The van der Waals surface area contributed by atoms with Crippen LogP contribution in [-0.2, 0) is 0 Å². The van der Waals surface area contributed by atoms with Crippen molar-refractivity contribution in [2.75, 3.05) is 0 Å². The Morgan fingerprint density at radius 2 is 2.06 bits per heavy atom. The summed E-state index contributed by atoms with van der Waals surface area (Å²) in [7, 11) is 0. The van der Waals surface area contributed by atoms with Gasteiger partial charge in [-0.3, -0.25) is 4.98 Å². The van der Waals surface area contributed by atoms with E-state index in [0.717, 1.165) is 22.7 Å². The molecule has 3 rings (SSSR count). The highest BCUT2D eigenvalue weighted by atomic mass is 15.0. The number of hydrogen-bond acceptors (Lipinski definition) is 3. The third-order valence-corrected chi connectivity index (χ3v) is 2.93. The smallest absolute Gasteiger partial charge is 0.137 e. The van der Waals surface area contributed by atoms with Crippen LogP contribution in [-0.4, -0.2) is 14.4 Å². The number of nitrogens with zero attached hydrogens (tertiary/aromatic N) is 4. The fourth-order valence-electron chi connectivity index (χ4n) is 1.94. The molecule has 0 aliphatic carbocycles. The summed E-state index contributed by atoms with van der Waals surface area (Å²) in [6, 6.07) is 11.5. The second-order valence-electron chi connectivity index (χ2n) is 4.01. The lowest BCUT2D eigenvalue weighted by molar-refractivity contribution is 1.08. The number of fused-ring (bicyclic) bond motifs is 1. The fourth-order valence-corrected chi connectivity index (χ4v) is 1.94. The molecule has 0 radical (unpaired) electrons. The van der Waals surface area contributed by atoms with Crippen molar-refractivity contribution >= 4 is 5.65 Å². The van der Waals surface area contributed by atoms with E-state index in [1.54, 1.807) is 12.3 Å². The quantitative estimate of drug-likeness (QED) is 0.650. The van der Waals surface area contributed by atoms with E-state index in [4.69, 9.17) is 5.26 Å². The van der Waals surface area contributed by atoms with Gasteiger partial charge >= 0.3 is 0 Å². The van der Waals surface area contributed by atoms with Gasteiger partial charge in [-0.05, 0) is 31.2 Å². The molecule has 0 spiro atoms. The zero-order chi connectivity index (χ0) is 12.5. The number of rotatable bonds is 1. The first-order chi connectivity index (χ1) is 8.79. The average Bonchev–Trinajstić information content (AvgIpc) is 2.85. The molecule has 4 nitrogen and oxygen atoms in total. The number of hydrogen-bond donors (Lipinski definition) is 0. The van der Waals surface area contributed by atoms with Gasteiger partial charge in [0.05, 0.1) is 11.3 Å². The molecule has 0 N–H and O–H groups in total. The molecule has 0 atom stereocenters. The first kappa shape index (κ1) is 10.5. The molecule has 0 aromatic carbocycles. The predicted molar refractivity (Wildman–Crippen MR) is 67.9 cm³/mol. The van der Waals surface area contributed by atoms with E-state index in [0.29, 0.717) is 5.56 Å². The van der Waals surface area contributed by atoms with Gasteiger partial charge in [0.25, 0.3) is 0 Å². The van der Waals surface area contributed by atoms with Crippen LogP contribution in [0.2, 0.25) is 0 Å². The van der Waals surface area contributed by atoms with E-state index >= 15 is 0 Å². The summed E-state index contributed by atoms with van der Waals surface area (Å²) in [5.74, 6) is 0. The summed E-state index contributed by atoms with van der Waals surface area (Å²) >= 11 is 0. The van der Waals surface area contributed by atoms with Crippen molar-refractivity contribution < 1.29 is 0 Å². The molecule has 3 aromatic heterocycles. The summed E-state index contributed by atoms with van der Waals surface area (Å²) in [4.78, 5) is 8.79. The number of imidazole rings is 1. The highest BCUT2D eigenvalue weighted by Gasteiger charge is 2.08. The molecule has 86 valence electrons. The summed E-state index contributed by atoms with van der Waals surface area (Å²) in [5.41, 5.74) is 4.03.